The molecule has 1 N–H and O–H groups in total. The molecule has 0 atom stereocenters. The molecule has 0 unspecified atom stereocenters. The summed E-state index contributed by atoms with van der Waals surface area (Å²) in [6.07, 6.45) is 1.18. The van der Waals surface area contributed by atoms with Gasteiger partial charge in [0.1, 0.15) is 12.3 Å². The molecule has 0 radical (unpaired) electrons. The van der Waals surface area contributed by atoms with Crippen molar-refractivity contribution in [1.82, 2.24) is 4.90 Å². The number of fused-ring (bicyclic) bond motifs is 1. The summed E-state index contributed by atoms with van der Waals surface area (Å²) in [6.45, 7) is 6.78. The summed E-state index contributed by atoms with van der Waals surface area (Å²) in [5.74, 6) is 0.0494. The molecule has 0 fully saturated rings. The van der Waals surface area contributed by atoms with Crippen molar-refractivity contribution in [3.63, 3.8) is 0 Å². The smallest absolute Gasteiger partial charge is 0.265 e. The van der Waals surface area contributed by atoms with Crippen LogP contribution in [-0.4, -0.2) is 48.9 Å². The van der Waals surface area contributed by atoms with E-state index in [1.165, 1.54) is 4.90 Å². The van der Waals surface area contributed by atoms with Gasteiger partial charge in [0, 0.05) is 25.2 Å². The fourth-order valence-corrected chi connectivity index (χ4v) is 2.72. The minimum atomic E-state index is -0.273. The number of nitrogens with zero attached hydrogens (tertiary/aromatic N) is 2. The van der Waals surface area contributed by atoms with Crippen molar-refractivity contribution in [2.24, 2.45) is 0 Å². The van der Waals surface area contributed by atoms with Gasteiger partial charge in [-0.15, -0.1) is 0 Å². The van der Waals surface area contributed by atoms with Crippen molar-refractivity contribution in [2.45, 2.75) is 33.6 Å². The quantitative estimate of drug-likeness (QED) is 0.818. The first-order valence-electron chi connectivity index (χ1n) is 8.64. The molecule has 7 nitrogen and oxygen atoms in total. The van der Waals surface area contributed by atoms with Crippen LogP contribution < -0.4 is 15.0 Å². The molecule has 3 amide bonds. The summed E-state index contributed by atoms with van der Waals surface area (Å²) in [6, 6.07) is 5.11. The minimum absolute atomic E-state index is 0.0385. The van der Waals surface area contributed by atoms with Gasteiger partial charge in [-0.1, -0.05) is 6.92 Å². The molecule has 0 saturated heterocycles. The van der Waals surface area contributed by atoms with Crippen LogP contribution in [0.2, 0.25) is 0 Å². The highest BCUT2D eigenvalue weighted by Crippen LogP contribution is 2.34. The third-order valence-corrected chi connectivity index (χ3v) is 4.07. The summed E-state index contributed by atoms with van der Waals surface area (Å²) >= 11 is 0. The van der Waals surface area contributed by atoms with Gasteiger partial charge in [0.2, 0.25) is 11.8 Å². The Kier molecular flexibility index (Phi) is 6.38. The Labute approximate surface area is 147 Å². The van der Waals surface area contributed by atoms with Crippen LogP contribution in [0.5, 0.6) is 5.75 Å². The number of rotatable bonds is 7. The van der Waals surface area contributed by atoms with E-state index >= 15 is 0 Å². The second kappa shape index (κ2) is 8.50. The number of hydrogen-bond donors (Lipinski definition) is 1. The van der Waals surface area contributed by atoms with E-state index in [2.05, 4.69) is 5.32 Å². The zero-order valence-electron chi connectivity index (χ0n) is 15.0. The third-order valence-electron chi connectivity index (χ3n) is 4.07. The summed E-state index contributed by atoms with van der Waals surface area (Å²) in [5.41, 5.74) is 1.09. The Morgan fingerprint density at radius 3 is 2.60 bits per heavy atom. The van der Waals surface area contributed by atoms with Gasteiger partial charge in [-0.25, -0.2) is 0 Å². The summed E-state index contributed by atoms with van der Waals surface area (Å²) < 4.78 is 5.44. The lowest BCUT2D eigenvalue weighted by Crippen LogP contribution is -2.46. The van der Waals surface area contributed by atoms with Crippen LogP contribution in [0.3, 0.4) is 0 Å². The van der Waals surface area contributed by atoms with Crippen molar-refractivity contribution in [3.05, 3.63) is 18.2 Å². The van der Waals surface area contributed by atoms with Crippen LogP contribution in [0.4, 0.5) is 11.4 Å². The van der Waals surface area contributed by atoms with E-state index in [9.17, 15) is 14.4 Å². The normalized spacial score (nSPS) is 13.1. The monoisotopic (exact) mass is 347 g/mol. The van der Waals surface area contributed by atoms with Gasteiger partial charge >= 0.3 is 0 Å². The second-order valence-electron chi connectivity index (χ2n) is 5.82. The Morgan fingerprint density at radius 2 is 1.96 bits per heavy atom. The lowest BCUT2D eigenvalue weighted by atomic mass is 10.2. The van der Waals surface area contributed by atoms with E-state index in [1.807, 2.05) is 20.8 Å². The highest BCUT2D eigenvalue weighted by Gasteiger charge is 2.28. The third kappa shape index (κ3) is 4.49. The van der Waals surface area contributed by atoms with Gasteiger partial charge in [0.25, 0.3) is 5.91 Å². The molecule has 1 aromatic rings. The maximum Gasteiger partial charge on any atom is 0.265 e. The topological polar surface area (TPSA) is 79.0 Å². The number of carbonyl (C=O) groups is 3. The van der Waals surface area contributed by atoms with Gasteiger partial charge in [0.15, 0.2) is 6.61 Å². The molecule has 0 aliphatic carbocycles. The SMILES string of the molecule is CCCC(=O)Nc1ccc2c(c1)N(CC(=O)N(CC)CC)C(=O)CO2. The van der Waals surface area contributed by atoms with Crippen LogP contribution in [0, 0.1) is 0 Å². The summed E-state index contributed by atoms with van der Waals surface area (Å²) in [5, 5.41) is 2.80. The van der Waals surface area contributed by atoms with E-state index in [0.717, 1.165) is 6.42 Å². The maximum atomic E-state index is 12.4. The Bertz CT molecular complexity index is 656. The molecular weight excluding hydrogens is 322 g/mol. The summed E-state index contributed by atoms with van der Waals surface area (Å²) in [7, 11) is 0. The molecule has 1 aliphatic heterocycles. The van der Waals surface area contributed by atoms with Gasteiger partial charge in [-0.3, -0.25) is 19.3 Å². The van der Waals surface area contributed by atoms with Crippen molar-refractivity contribution in [1.29, 1.82) is 0 Å². The van der Waals surface area contributed by atoms with Crippen LogP contribution >= 0.6 is 0 Å². The van der Waals surface area contributed by atoms with Gasteiger partial charge in [0.05, 0.1) is 5.69 Å². The lowest BCUT2D eigenvalue weighted by molar-refractivity contribution is -0.131. The zero-order valence-corrected chi connectivity index (χ0v) is 15.0. The van der Waals surface area contributed by atoms with Crippen molar-refractivity contribution in [2.75, 3.05) is 36.5 Å². The van der Waals surface area contributed by atoms with E-state index in [0.29, 0.717) is 36.6 Å². The van der Waals surface area contributed by atoms with E-state index in [-0.39, 0.29) is 30.9 Å². The van der Waals surface area contributed by atoms with Crippen LogP contribution in [-0.2, 0) is 14.4 Å². The molecule has 2 rings (SSSR count). The van der Waals surface area contributed by atoms with E-state index < -0.39 is 0 Å². The first kappa shape index (κ1) is 18.8. The van der Waals surface area contributed by atoms with Crippen LogP contribution in [0.1, 0.15) is 33.6 Å². The van der Waals surface area contributed by atoms with Crippen LogP contribution in [0.15, 0.2) is 18.2 Å². The number of anilines is 2. The predicted octanol–water partition coefficient (Wildman–Crippen LogP) is 2.02. The minimum Gasteiger partial charge on any atom is -0.482 e. The fourth-order valence-electron chi connectivity index (χ4n) is 2.72. The fraction of sp³-hybridized carbons (Fsp3) is 0.500. The standard InChI is InChI=1S/C18H25N3O4/c1-4-7-16(22)19-13-8-9-15-14(10-13)21(18(24)12-25-15)11-17(23)20(5-2)6-3/h8-10H,4-7,11-12H2,1-3H3,(H,19,22). The Morgan fingerprint density at radius 1 is 1.24 bits per heavy atom. The number of ether oxygens (including phenoxy) is 1. The molecule has 1 aromatic carbocycles. The molecule has 1 aliphatic rings. The highest BCUT2D eigenvalue weighted by atomic mass is 16.5. The molecule has 0 spiro atoms. The molecule has 0 saturated carbocycles. The number of nitrogens with one attached hydrogen (secondary N) is 1. The van der Waals surface area contributed by atoms with Gasteiger partial charge in [-0.2, -0.15) is 0 Å². The first-order chi connectivity index (χ1) is 12.0. The highest BCUT2D eigenvalue weighted by molar-refractivity contribution is 6.03. The molecule has 1 heterocycles. The number of hydrogen-bond acceptors (Lipinski definition) is 4. The van der Waals surface area contributed by atoms with E-state index in [1.54, 1.807) is 23.1 Å². The predicted molar refractivity (Wildman–Crippen MR) is 95.8 cm³/mol. The number of carbonyl (C=O) groups excluding carboxylic acids is 3. The van der Waals surface area contributed by atoms with Crippen molar-refractivity contribution in [3.8, 4) is 5.75 Å². The van der Waals surface area contributed by atoms with Crippen molar-refractivity contribution < 1.29 is 19.1 Å². The molecule has 25 heavy (non-hydrogen) atoms. The average molecular weight is 347 g/mol. The second-order valence-corrected chi connectivity index (χ2v) is 5.82. The van der Waals surface area contributed by atoms with Crippen molar-refractivity contribution >= 4 is 29.1 Å². The summed E-state index contributed by atoms with van der Waals surface area (Å²) in [4.78, 5) is 39.6. The van der Waals surface area contributed by atoms with Gasteiger partial charge in [-0.05, 0) is 38.5 Å². The maximum absolute atomic E-state index is 12.4. The van der Waals surface area contributed by atoms with E-state index in [4.69, 9.17) is 4.74 Å². The molecule has 136 valence electrons. The van der Waals surface area contributed by atoms with Crippen LogP contribution in [0.25, 0.3) is 0 Å². The molecule has 7 heteroatoms. The molecular formula is C18H25N3O4. The first-order valence-corrected chi connectivity index (χ1v) is 8.64. The molecule has 0 bridgehead atoms. The Hall–Kier alpha value is -2.57. The Balaban J connectivity index is 2.24. The number of benzene rings is 1. The zero-order chi connectivity index (χ0) is 18.4. The molecule has 0 aromatic heterocycles. The lowest BCUT2D eigenvalue weighted by Gasteiger charge is -2.31. The van der Waals surface area contributed by atoms with Gasteiger partial charge < -0.3 is 15.0 Å². The number of amides is 3. The largest absolute Gasteiger partial charge is 0.482 e. The average Bonchev–Trinajstić information content (AvgIpc) is 2.59. The number of likely N-dealkylation sites (N-methyl/N-ethyl adjacent to an activating group) is 1.